The van der Waals surface area contributed by atoms with Crippen molar-refractivity contribution in [3.8, 4) is 22.8 Å². The summed E-state index contributed by atoms with van der Waals surface area (Å²) in [6.07, 6.45) is 8.08. The number of aryl methyl sites for hydroxylation is 1. The molecule has 0 aliphatic carbocycles. The number of fused-ring (bicyclic) bond motifs is 3. The maximum Gasteiger partial charge on any atom is 0.278 e. The minimum atomic E-state index is -2.95. The van der Waals surface area contributed by atoms with Crippen molar-refractivity contribution in [2.45, 2.75) is 45.3 Å². The molecule has 40 heavy (non-hydrogen) atoms. The number of halogens is 4. The number of allylic oxidation sites excluding steroid dienone is 1. The Kier molecular flexibility index (Phi) is 6.74. The number of aliphatic hydroxyl groups is 1. The van der Waals surface area contributed by atoms with Crippen molar-refractivity contribution in [3.63, 3.8) is 0 Å². The number of ether oxygens (including phenoxy) is 1. The zero-order valence-corrected chi connectivity index (χ0v) is 22.0. The summed E-state index contributed by atoms with van der Waals surface area (Å²) in [4.78, 5) is 29.7. The van der Waals surface area contributed by atoms with Crippen LogP contribution in [0.4, 0.5) is 13.2 Å². The highest BCUT2D eigenvalue weighted by molar-refractivity contribution is 6.31. The van der Waals surface area contributed by atoms with Gasteiger partial charge in [-0.05, 0) is 39.2 Å². The molecule has 1 aliphatic rings. The van der Waals surface area contributed by atoms with Gasteiger partial charge in [-0.25, -0.2) is 23.1 Å². The van der Waals surface area contributed by atoms with Gasteiger partial charge in [-0.2, -0.15) is 0 Å². The van der Waals surface area contributed by atoms with E-state index in [1.165, 1.54) is 38.4 Å². The van der Waals surface area contributed by atoms with Crippen molar-refractivity contribution in [1.82, 2.24) is 24.5 Å². The van der Waals surface area contributed by atoms with E-state index in [2.05, 4.69) is 19.9 Å². The Morgan fingerprint density at radius 1 is 1.20 bits per heavy atom. The molecule has 0 saturated carbocycles. The van der Waals surface area contributed by atoms with Crippen LogP contribution in [-0.4, -0.2) is 29.6 Å². The van der Waals surface area contributed by atoms with Gasteiger partial charge >= 0.3 is 0 Å². The van der Waals surface area contributed by atoms with Crippen molar-refractivity contribution >= 4 is 17.7 Å². The summed E-state index contributed by atoms with van der Waals surface area (Å²) < 4.78 is 66.9. The summed E-state index contributed by atoms with van der Waals surface area (Å²) in [5.41, 5.74) is -3.03. The number of pyridine rings is 3. The standard InChI is InChI=1S/C28H23ClF3N5O3/c1-28(2,39)27-33-9-8-19(36-27)24-23(32)25-15(12-35-24)6-4-3-5-7-17-11-21(22(29)26(38)37(17)25)40-14-20-18(31)10-16(30)13-34-20/h4,6,8-13,39H,3,5,7,14H2,1-2H3/b6-4+/i14D2. The molecule has 1 aliphatic heterocycles. The number of hydrogen-bond acceptors (Lipinski definition) is 7. The van der Waals surface area contributed by atoms with Crippen molar-refractivity contribution in [2.75, 3.05) is 0 Å². The van der Waals surface area contributed by atoms with Crippen LogP contribution in [0.1, 0.15) is 52.2 Å². The third kappa shape index (κ3) is 5.34. The van der Waals surface area contributed by atoms with Crippen LogP contribution in [0.25, 0.3) is 23.2 Å². The summed E-state index contributed by atoms with van der Waals surface area (Å²) >= 11 is 6.37. The van der Waals surface area contributed by atoms with Crippen LogP contribution in [0.5, 0.6) is 5.75 Å². The Labute approximate surface area is 234 Å². The highest BCUT2D eigenvalue weighted by atomic mass is 35.5. The minimum absolute atomic E-state index is 0.0355. The molecule has 206 valence electrons. The molecule has 1 N–H and O–H groups in total. The monoisotopic (exact) mass is 571 g/mol. The molecule has 0 atom stereocenters. The van der Waals surface area contributed by atoms with Crippen LogP contribution in [0.2, 0.25) is 5.02 Å². The molecule has 0 unspecified atom stereocenters. The van der Waals surface area contributed by atoms with Gasteiger partial charge in [0.2, 0.25) is 0 Å². The molecular formula is C28H23ClF3N5O3. The molecule has 4 aromatic rings. The molecule has 12 heteroatoms. The van der Waals surface area contributed by atoms with E-state index in [9.17, 15) is 18.7 Å². The summed E-state index contributed by atoms with van der Waals surface area (Å²) in [6, 6.07) is 3.13. The van der Waals surface area contributed by atoms with Gasteiger partial charge in [0.25, 0.3) is 5.56 Å². The van der Waals surface area contributed by atoms with Crippen molar-refractivity contribution in [1.29, 1.82) is 0 Å². The normalized spacial score (nSPS) is 15.1. The van der Waals surface area contributed by atoms with Crippen LogP contribution >= 0.6 is 11.6 Å². The van der Waals surface area contributed by atoms with Gasteiger partial charge in [0, 0.05) is 35.8 Å². The Morgan fingerprint density at radius 3 is 2.75 bits per heavy atom. The zero-order valence-electron chi connectivity index (χ0n) is 23.3. The molecule has 0 radical (unpaired) electrons. The quantitative estimate of drug-likeness (QED) is 0.346. The lowest BCUT2D eigenvalue weighted by atomic mass is 10.1. The third-order valence-electron chi connectivity index (χ3n) is 6.05. The fraction of sp³-hybridized carbons (Fsp3) is 0.250. The molecule has 0 saturated heterocycles. The van der Waals surface area contributed by atoms with Gasteiger partial charge in [0.1, 0.15) is 40.1 Å². The van der Waals surface area contributed by atoms with Gasteiger partial charge in [-0.1, -0.05) is 23.8 Å². The van der Waals surface area contributed by atoms with Gasteiger partial charge in [-0.15, -0.1) is 0 Å². The van der Waals surface area contributed by atoms with Crippen LogP contribution in [-0.2, 0) is 18.6 Å². The topological polar surface area (TPSA) is 103 Å². The summed E-state index contributed by atoms with van der Waals surface area (Å²) in [6.45, 7) is 0.00843. The van der Waals surface area contributed by atoms with E-state index in [4.69, 9.17) is 19.1 Å². The summed E-state index contributed by atoms with van der Waals surface area (Å²) in [7, 11) is 0. The maximum absolute atomic E-state index is 16.4. The highest BCUT2D eigenvalue weighted by Crippen LogP contribution is 2.32. The van der Waals surface area contributed by atoms with Crippen molar-refractivity contribution in [3.05, 3.63) is 98.5 Å². The lowest BCUT2D eigenvalue weighted by molar-refractivity contribution is 0.0688. The fourth-order valence-electron chi connectivity index (χ4n) is 4.12. The summed E-state index contributed by atoms with van der Waals surface area (Å²) in [5.74, 6) is -3.61. The molecule has 0 fully saturated rings. The second-order valence-electron chi connectivity index (χ2n) is 9.49. The lowest BCUT2D eigenvalue weighted by Crippen LogP contribution is -2.25. The molecule has 8 nitrogen and oxygen atoms in total. The molecule has 5 rings (SSSR count). The van der Waals surface area contributed by atoms with Crippen LogP contribution in [0.3, 0.4) is 0 Å². The number of rotatable bonds is 5. The largest absolute Gasteiger partial charge is 0.485 e. The van der Waals surface area contributed by atoms with E-state index in [0.717, 1.165) is 4.57 Å². The molecule has 0 aromatic carbocycles. The number of aromatic nitrogens is 5. The van der Waals surface area contributed by atoms with Crippen LogP contribution in [0.15, 0.2) is 47.7 Å². The Bertz CT molecular complexity index is 1790. The first-order valence-electron chi connectivity index (χ1n) is 13.1. The molecule has 5 heterocycles. The molecule has 0 bridgehead atoms. The first-order chi connectivity index (χ1) is 19.8. The second kappa shape index (κ2) is 10.8. The first-order valence-corrected chi connectivity index (χ1v) is 12.5. The van der Waals surface area contributed by atoms with Crippen LogP contribution < -0.4 is 10.3 Å². The fourth-order valence-corrected chi connectivity index (χ4v) is 4.30. The van der Waals surface area contributed by atoms with E-state index in [0.29, 0.717) is 25.1 Å². The van der Waals surface area contributed by atoms with E-state index in [1.54, 1.807) is 12.2 Å². The minimum Gasteiger partial charge on any atom is -0.485 e. The van der Waals surface area contributed by atoms with E-state index in [-0.39, 0.29) is 40.6 Å². The molecule has 0 amide bonds. The van der Waals surface area contributed by atoms with E-state index >= 15 is 4.39 Å². The lowest BCUT2D eigenvalue weighted by Gasteiger charge is -2.19. The number of hydrogen-bond donors (Lipinski definition) is 1. The first kappa shape index (κ1) is 24.9. The van der Waals surface area contributed by atoms with E-state index < -0.39 is 51.6 Å². The smallest absolute Gasteiger partial charge is 0.278 e. The molecular weight excluding hydrogens is 547 g/mol. The Hall–Kier alpha value is -4.09. The Balaban J connectivity index is 1.68. The molecule has 4 aromatic heterocycles. The SMILES string of the molecule is [2H]C([2H])(Oc1cc2n(c(=O)c1Cl)-c1c(cnc(-c3ccnc(C(C)(C)O)n3)c1F)/C=C/CCC2)c1ncc(F)cc1F. The third-order valence-corrected chi connectivity index (χ3v) is 6.40. The van der Waals surface area contributed by atoms with Crippen LogP contribution in [0, 0.1) is 17.5 Å². The predicted octanol–water partition coefficient (Wildman–Crippen LogP) is 5.31. The van der Waals surface area contributed by atoms with Crippen molar-refractivity contribution < 1.29 is 25.8 Å². The van der Waals surface area contributed by atoms with Gasteiger partial charge in [0.15, 0.2) is 17.5 Å². The zero-order chi connectivity index (χ0) is 30.4. The van der Waals surface area contributed by atoms with Gasteiger partial charge in [-0.3, -0.25) is 19.3 Å². The second-order valence-corrected chi connectivity index (χ2v) is 9.86. The molecule has 0 spiro atoms. The van der Waals surface area contributed by atoms with Gasteiger partial charge < -0.3 is 9.84 Å². The van der Waals surface area contributed by atoms with E-state index in [1.807, 2.05) is 0 Å². The average Bonchev–Trinajstić information content (AvgIpc) is 3.00. The summed E-state index contributed by atoms with van der Waals surface area (Å²) in [5, 5.41) is 9.73. The Morgan fingerprint density at radius 2 is 2.00 bits per heavy atom. The van der Waals surface area contributed by atoms with Gasteiger partial charge in [0.05, 0.1) is 20.3 Å². The van der Waals surface area contributed by atoms with Crippen molar-refractivity contribution in [2.24, 2.45) is 0 Å². The highest BCUT2D eigenvalue weighted by Gasteiger charge is 2.26. The maximum atomic E-state index is 16.4. The predicted molar refractivity (Wildman–Crippen MR) is 142 cm³/mol. The number of nitrogens with zero attached hydrogens (tertiary/aromatic N) is 5. The average molecular weight is 572 g/mol.